The zero-order valence-corrected chi connectivity index (χ0v) is 12.9. The fraction of sp³-hybridized carbons (Fsp3) is 0.923. The second-order valence-electron chi connectivity index (χ2n) is 5.47. The van der Waals surface area contributed by atoms with Gasteiger partial charge in [-0.05, 0) is 38.1 Å². The van der Waals surface area contributed by atoms with E-state index in [1.807, 2.05) is 6.92 Å². The van der Waals surface area contributed by atoms with E-state index in [1.54, 1.807) is 6.26 Å². The van der Waals surface area contributed by atoms with Crippen molar-refractivity contribution >= 4 is 16.7 Å². The zero-order chi connectivity index (χ0) is 14.1. The summed E-state index contributed by atoms with van der Waals surface area (Å²) in [5.41, 5.74) is 5.68. The molecule has 0 saturated carbocycles. The van der Waals surface area contributed by atoms with Crippen molar-refractivity contribution in [2.75, 3.05) is 18.6 Å². The molecule has 3 atom stereocenters. The summed E-state index contributed by atoms with van der Waals surface area (Å²) in [6, 6.07) is 0.0823. The Labute approximate surface area is 114 Å². The molecule has 0 aromatic rings. The van der Waals surface area contributed by atoms with Gasteiger partial charge in [0.2, 0.25) is 5.91 Å². The largest absolute Gasteiger partial charge is 0.354 e. The van der Waals surface area contributed by atoms with E-state index in [-0.39, 0.29) is 17.9 Å². The molecule has 5 heteroatoms. The van der Waals surface area contributed by atoms with Gasteiger partial charge in [0.05, 0.1) is 0 Å². The lowest BCUT2D eigenvalue weighted by Gasteiger charge is -2.19. The summed E-state index contributed by atoms with van der Waals surface area (Å²) in [6.45, 7) is 6.78. The van der Waals surface area contributed by atoms with Crippen molar-refractivity contribution in [3.05, 3.63) is 0 Å². The van der Waals surface area contributed by atoms with Gasteiger partial charge in [-0.25, -0.2) is 0 Å². The molecule has 1 amide bonds. The molecule has 0 aliphatic rings. The van der Waals surface area contributed by atoms with Gasteiger partial charge in [0.15, 0.2) is 0 Å². The molecular weight excluding hydrogens is 248 g/mol. The van der Waals surface area contributed by atoms with Crippen molar-refractivity contribution in [1.82, 2.24) is 5.32 Å². The Morgan fingerprint density at radius 1 is 1.33 bits per heavy atom. The van der Waals surface area contributed by atoms with Crippen molar-refractivity contribution in [1.29, 1.82) is 0 Å². The molecule has 0 saturated heterocycles. The van der Waals surface area contributed by atoms with Crippen LogP contribution >= 0.6 is 0 Å². The summed E-state index contributed by atoms with van der Waals surface area (Å²) in [4.78, 5) is 11.8. The van der Waals surface area contributed by atoms with Crippen LogP contribution in [0.3, 0.4) is 0 Å². The number of rotatable bonds is 9. The normalized spacial score (nSPS) is 16.3. The molecular formula is C13H28N2O2S. The lowest BCUT2D eigenvalue weighted by Crippen LogP contribution is -2.35. The van der Waals surface area contributed by atoms with Crippen LogP contribution in [-0.4, -0.2) is 34.7 Å². The highest BCUT2D eigenvalue weighted by molar-refractivity contribution is 7.84. The molecule has 4 nitrogen and oxygen atoms in total. The van der Waals surface area contributed by atoms with Crippen molar-refractivity contribution in [3.63, 3.8) is 0 Å². The Bertz CT molecular complexity index is 270. The molecule has 0 aliphatic heterocycles. The van der Waals surface area contributed by atoms with Gasteiger partial charge < -0.3 is 11.1 Å². The van der Waals surface area contributed by atoms with E-state index in [2.05, 4.69) is 19.2 Å². The summed E-state index contributed by atoms with van der Waals surface area (Å²) < 4.78 is 11.0. The molecule has 0 aliphatic carbocycles. The second-order valence-corrected chi connectivity index (χ2v) is 7.02. The Balaban J connectivity index is 3.96. The Hall–Kier alpha value is -0.420. The maximum Gasteiger partial charge on any atom is 0.220 e. The summed E-state index contributed by atoms with van der Waals surface area (Å²) >= 11 is 0. The fourth-order valence-corrected chi connectivity index (χ4v) is 2.63. The van der Waals surface area contributed by atoms with Gasteiger partial charge in [-0.2, -0.15) is 0 Å². The van der Waals surface area contributed by atoms with Crippen LogP contribution in [0.5, 0.6) is 0 Å². The van der Waals surface area contributed by atoms with E-state index in [0.29, 0.717) is 24.6 Å². The molecule has 0 radical (unpaired) electrons. The van der Waals surface area contributed by atoms with Crippen LogP contribution in [0.2, 0.25) is 0 Å². The monoisotopic (exact) mass is 276 g/mol. The summed E-state index contributed by atoms with van der Waals surface area (Å²) in [5.74, 6) is 1.51. The number of amides is 1. The third-order valence-corrected chi connectivity index (χ3v) is 3.67. The highest BCUT2D eigenvalue weighted by Gasteiger charge is 2.15. The molecule has 18 heavy (non-hydrogen) atoms. The molecule has 0 heterocycles. The summed E-state index contributed by atoms with van der Waals surface area (Å²) in [5, 5.41) is 2.94. The number of hydrogen-bond acceptors (Lipinski definition) is 3. The van der Waals surface area contributed by atoms with Crippen LogP contribution in [0.4, 0.5) is 0 Å². The van der Waals surface area contributed by atoms with E-state index in [0.717, 1.165) is 12.8 Å². The first-order valence-electron chi connectivity index (χ1n) is 6.64. The maximum absolute atomic E-state index is 11.8. The molecule has 0 spiro atoms. The predicted octanol–water partition coefficient (Wildman–Crippen LogP) is 1.27. The van der Waals surface area contributed by atoms with Gasteiger partial charge in [0, 0.05) is 35.3 Å². The van der Waals surface area contributed by atoms with Crippen LogP contribution in [0, 0.1) is 11.8 Å². The Morgan fingerprint density at radius 2 is 1.94 bits per heavy atom. The van der Waals surface area contributed by atoms with E-state index in [1.165, 1.54) is 0 Å². The van der Waals surface area contributed by atoms with Crippen molar-refractivity contribution in [2.24, 2.45) is 17.6 Å². The first-order valence-corrected chi connectivity index (χ1v) is 8.37. The smallest absolute Gasteiger partial charge is 0.220 e. The second kappa shape index (κ2) is 9.50. The maximum atomic E-state index is 11.8. The molecule has 0 fully saturated rings. The van der Waals surface area contributed by atoms with Crippen molar-refractivity contribution < 1.29 is 9.00 Å². The lowest BCUT2D eigenvalue weighted by atomic mass is 9.94. The minimum absolute atomic E-state index is 0.0560. The van der Waals surface area contributed by atoms with E-state index < -0.39 is 10.8 Å². The number of carbonyl (C=O) groups excluding carboxylic acids is 1. The molecule has 0 aromatic heterocycles. The van der Waals surface area contributed by atoms with Gasteiger partial charge in [-0.1, -0.05) is 13.8 Å². The SMILES string of the molecule is CC(C)C[C@H](CN)CC(=O)NC(C)CCS(C)=O. The van der Waals surface area contributed by atoms with Crippen LogP contribution in [-0.2, 0) is 15.6 Å². The van der Waals surface area contributed by atoms with E-state index in [9.17, 15) is 9.00 Å². The molecule has 0 aromatic carbocycles. The molecule has 2 unspecified atom stereocenters. The van der Waals surface area contributed by atoms with Crippen LogP contribution in [0.15, 0.2) is 0 Å². The standard InChI is InChI=1S/C13H28N2O2S/c1-10(2)7-12(9-14)8-13(16)15-11(3)5-6-18(4)17/h10-12H,5-9,14H2,1-4H3,(H,15,16)/t11?,12-,18?/m0/s1. The third kappa shape index (κ3) is 9.59. The Morgan fingerprint density at radius 3 is 2.39 bits per heavy atom. The van der Waals surface area contributed by atoms with E-state index in [4.69, 9.17) is 5.73 Å². The predicted molar refractivity (Wildman–Crippen MR) is 77.8 cm³/mol. The van der Waals surface area contributed by atoms with Gasteiger partial charge in [0.1, 0.15) is 0 Å². The number of carbonyl (C=O) groups is 1. The molecule has 3 N–H and O–H groups in total. The van der Waals surface area contributed by atoms with Crippen LogP contribution in [0.1, 0.15) is 40.0 Å². The minimum Gasteiger partial charge on any atom is -0.354 e. The highest BCUT2D eigenvalue weighted by atomic mass is 32.2. The quantitative estimate of drug-likeness (QED) is 0.666. The summed E-state index contributed by atoms with van der Waals surface area (Å²) in [7, 11) is -0.792. The average molecular weight is 276 g/mol. The van der Waals surface area contributed by atoms with Crippen LogP contribution in [0.25, 0.3) is 0 Å². The van der Waals surface area contributed by atoms with Gasteiger partial charge in [-0.15, -0.1) is 0 Å². The van der Waals surface area contributed by atoms with Gasteiger partial charge in [0.25, 0.3) is 0 Å². The third-order valence-electron chi connectivity index (χ3n) is 2.86. The van der Waals surface area contributed by atoms with Crippen molar-refractivity contribution in [3.8, 4) is 0 Å². The number of hydrogen-bond donors (Lipinski definition) is 2. The van der Waals surface area contributed by atoms with E-state index >= 15 is 0 Å². The lowest BCUT2D eigenvalue weighted by molar-refractivity contribution is -0.122. The van der Waals surface area contributed by atoms with Crippen LogP contribution < -0.4 is 11.1 Å². The van der Waals surface area contributed by atoms with Gasteiger partial charge in [-0.3, -0.25) is 9.00 Å². The minimum atomic E-state index is -0.792. The van der Waals surface area contributed by atoms with Crippen molar-refractivity contribution in [2.45, 2.75) is 46.1 Å². The Kier molecular flexibility index (Phi) is 9.28. The molecule has 0 rings (SSSR count). The van der Waals surface area contributed by atoms with Gasteiger partial charge >= 0.3 is 0 Å². The zero-order valence-electron chi connectivity index (χ0n) is 12.1. The topological polar surface area (TPSA) is 72.2 Å². The molecule has 0 bridgehead atoms. The first kappa shape index (κ1) is 17.6. The average Bonchev–Trinajstić information content (AvgIpc) is 2.24. The molecule has 108 valence electrons. The number of nitrogens with two attached hydrogens (primary N) is 1. The highest BCUT2D eigenvalue weighted by Crippen LogP contribution is 2.14. The number of nitrogens with one attached hydrogen (secondary N) is 1. The summed E-state index contributed by atoms with van der Waals surface area (Å²) in [6.07, 6.45) is 3.92. The fourth-order valence-electron chi connectivity index (χ4n) is 1.94. The first-order chi connectivity index (χ1) is 8.35.